The van der Waals surface area contributed by atoms with Crippen LogP contribution in [0.1, 0.15) is 5.56 Å². The van der Waals surface area contributed by atoms with Gasteiger partial charge in [-0.15, -0.1) is 5.10 Å². The number of halogens is 3. The molecule has 1 saturated heterocycles. The number of hydrogen-bond acceptors (Lipinski definition) is 6. The van der Waals surface area contributed by atoms with E-state index in [1.807, 2.05) is 48.5 Å². The molecule has 38 heavy (non-hydrogen) atoms. The van der Waals surface area contributed by atoms with E-state index in [1.165, 1.54) is 5.56 Å². The topological polar surface area (TPSA) is 76.1 Å². The molecule has 0 radical (unpaired) electrons. The minimum atomic E-state index is 0.426. The molecule has 1 aliphatic rings. The van der Waals surface area contributed by atoms with Gasteiger partial charge in [-0.3, -0.25) is 4.90 Å². The van der Waals surface area contributed by atoms with E-state index >= 15 is 0 Å². The zero-order chi connectivity index (χ0) is 26.2. The first-order valence-corrected chi connectivity index (χ1v) is 13.4. The second-order valence-corrected chi connectivity index (χ2v) is 10.5. The summed E-state index contributed by atoms with van der Waals surface area (Å²) in [6.45, 7) is 4.27. The zero-order valence-electron chi connectivity index (χ0n) is 20.4. The van der Waals surface area contributed by atoms with Gasteiger partial charge in [0, 0.05) is 43.3 Å². The number of nitrogens with zero attached hydrogens (tertiary/aromatic N) is 6. The first-order chi connectivity index (χ1) is 18.5. The maximum absolute atomic E-state index is 6.64. The van der Waals surface area contributed by atoms with Crippen molar-refractivity contribution < 1.29 is 0 Å². The lowest BCUT2D eigenvalue weighted by Crippen LogP contribution is -2.46. The average Bonchev–Trinajstić information content (AvgIpc) is 3.28. The number of aromatic nitrogens is 4. The van der Waals surface area contributed by atoms with Crippen LogP contribution >= 0.6 is 34.8 Å². The third kappa shape index (κ3) is 4.90. The van der Waals surface area contributed by atoms with Crippen LogP contribution in [0.3, 0.4) is 0 Å². The molecule has 7 nitrogen and oxygen atoms in total. The minimum Gasteiger partial charge on any atom is -0.383 e. The first kappa shape index (κ1) is 24.9. The summed E-state index contributed by atoms with van der Waals surface area (Å²) in [5, 5.41) is 7.11. The van der Waals surface area contributed by atoms with Gasteiger partial charge in [0.2, 0.25) is 5.95 Å². The molecule has 3 heterocycles. The van der Waals surface area contributed by atoms with Crippen LogP contribution in [0.15, 0.2) is 72.8 Å². The van der Waals surface area contributed by atoms with E-state index in [2.05, 4.69) is 21.9 Å². The van der Waals surface area contributed by atoms with E-state index in [0.29, 0.717) is 38.5 Å². The van der Waals surface area contributed by atoms with Crippen LogP contribution < -0.4 is 10.6 Å². The van der Waals surface area contributed by atoms with E-state index in [1.54, 1.807) is 16.8 Å². The summed E-state index contributed by atoms with van der Waals surface area (Å²) in [6, 6.07) is 23.3. The zero-order valence-corrected chi connectivity index (χ0v) is 22.6. The molecule has 1 aliphatic heterocycles. The van der Waals surface area contributed by atoms with Crippen molar-refractivity contribution in [3.05, 3.63) is 93.4 Å². The third-order valence-electron chi connectivity index (χ3n) is 6.73. The molecule has 6 rings (SSSR count). The second-order valence-electron chi connectivity index (χ2n) is 9.22. The van der Waals surface area contributed by atoms with Crippen molar-refractivity contribution in [2.45, 2.75) is 6.54 Å². The molecule has 5 aromatic rings. The van der Waals surface area contributed by atoms with E-state index in [9.17, 15) is 0 Å². The van der Waals surface area contributed by atoms with Gasteiger partial charge in [0.15, 0.2) is 5.65 Å². The van der Waals surface area contributed by atoms with Crippen LogP contribution in [0.4, 0.5) is 11.8 Å². The van der Waals surface area contributed by atoms with Gasteiger partial charge in [0.25, 0.3) is 0 Å². The number of benzene rings is 3. The highest BCUT2D eigenvalue weighted by Gasteiger charge is 2.24. The Morgan fingerprint density at radius 2 is 1.53 bits per heavy atom. The fourth-order valence-electron chi connectivity index (χ4n) is 4.71. The lowest BCUT2D eigenvalue weighted by Gasteiger charge is -2.34. The molecule has 10 heteroatoms. The van der Waals surface area contributed by atoms with Crippen LogP contribution in [0.25, 0.3) is 28.0 Å². The van der Waals surface area contributed by atoms with E-state index in [0.717, 1.165) is 49.0 Å². The third-order valence-corrected chi connectivity index (χ3v) is 7.72. The smallest absolute Gasteiger partial charge is 0.228 e. The molecular weight excluding hydrogens is 541 g/mol. The molecule has 2 N–H and O–H groups in total. The molecule has 0 bridgehead atoms. The van der Waals surface area contributed by atoms with Gasteiger partial charge in [-0.1, -0.05) is 77.3 Å². The highest BCUT2D eigenvalue weighted by molar-refractivity contribution is 6.42. The van der Waals surface area contributed by atoms with Gasteiger partial charge < -0.3 is 10.6 Å². The summed E-state index contributed by atoms with van der Waals surface area (Å²) in [5.74, 6) is 1.08. The van der Waals surface area contributed by atoms with Crippen molar-refractivity contribution >= 4 is 57.6 Å². The van der Waals surface area contributed by atoms with Crippen LogP contribution in [0.2, 0.25) is 15.1 Å². The molecule has 0 amide bonds. The van der Waals surface area contributed by atoms with E-state index in [-0.39, 0.29) is 0 Å². The Labute approximate surface area is 235 Å². The fourth-order valence-corrected chi connectivity index (χ4v) is 5.13. The molecular formula is C28H24Cl3N7. The second kappa shape index (κ2) is 10.4. The monoisotopic (exact) mass is 563 g/mol. The predicted octanol–water partition coefficient (Wildman–Crippen LogP) is 6.35. The molecule has 192 valence electrons. The lowest BCUT2D eigenvalue weighted by molar-refractivity contribution is 0.249. The van der Waals surface area contributed by atoms with Crippen LogP contribution in [0.5, 0.6) is 0 Å². The van der Waals surface area contributed by atoms with Crippen molar-refractivity contribution in [2.24, 2.45) is 0 Å². The predicted molar refractivity (Wildman–Crippen MR) is 155 cm³/mol. The van der Waals surface area contributed by atoms with Crippen molar-refractivity contribution in [2.75, 3.05) is 36.8 Å². The van der Waals surface area contributed by atoms with Crippen LogP contribution in [-0.4, -0.2) is 50.8 Å². The summed E-state index contributed by atoms with van der Waals surface area (Å²) in [5.41, 5.74) is 10.8. The highest BCUT2D eigenvalue weighted by Crippen LogP contribution is 2.34. The van der Waals surface area contributed by atoms with Crippen molar-refractivity contribution in [3.63, 3.8) is 0 Å². The summed E-state index contributed by atoms with van der Waals surface area (Å²) < 4.78 is 1.64. The van der Waals surface area contributed by atoms with Crippen molar-refractivity contribution in [3.8, 4) is 16.9 Å². The molecule has 0 atom stereocenters. The summed E-state index contributed by atoms with van der Waals surface area (Å²) in [7, 11) is 0. The normalized spacial score (nSPS) is 14.3. The van der Waals surface area contributed by atoms with Gasteiger partial charge in [0.1, 0.15) is 5.82 Å². The Balaban J connectivity index is 1.34. The van der Waals surface area contributed by atoms with E-state index < -0.39 is 0 Å². The Kier molecular flexibility index (Phi) is 6.84. The number of hydrogen-bond donors (Lipinski definition) is 1. The van der Waals surface area contributed by atoms with Crippen molar-refractivity contribution in [1.29, 1.82) is 0 Å². The Morgan fingerprint density at radius 1 is 0.789 bits per heavy atom. The standard InChI is InChI=1S/C28H24Cl3N7/c29-20-8-6-18(7-9-20)17-36-12-14-37(15-13-36)28-33-25(19-4-2-1-3-5-19)24-26(32)38(35-27(24)34-28)21-10-11-22(30)23(31)16-21/h1-11,16H,12-15,17,32H2. The minimum absolute atomic E-state index is 0.426. The number of nitrogen functional groups attached to an aromatic ring is 1. The average molecular weight is 565 g/mol. The van der Waals surface area contributed by atoms with Crippen LogP contribution in [-0.2, 0) is 6.54 Å². The van der Waals surface area contributed by atoms with Gasteiger partial charge in [-0.25, -0.2) is 9.67 Å². The molecule has 0 unspecified atom stereocenters. The molecule has 0 saturated carbocycles. The Morgan fingerprint density at radius 3 is 2.24 bits per heavy atom. The first-order valence-electron chi connectivity index (χ1n) is 12.2. The quantitative estimate of drug-likeness (QED) is 0.268. The fraction of sp³-hybridized carbons (Fsp3) is 0.179. The Bertz CT molecular complexity index is 1600. The summed E-state index contributed by atoms with van der Waals surface area (Å²) >= 11 is 18.5. The number of anilines is 2. The number of rotatable bonds is 5. The lowest BCUT2D eigenvalue weighted by atomic mass is 10.1. The van der Waals surface area contributed by atoms with E-state index in [4.69, 9.17) is 55.6 Å². The molecule has 2 aromatic heterocycles. The Hall–Kier alpha value is -3.36. The SMILES string of the molecule is Nc1c2c(-c3ccccc3)nc(N3CCN(Cc4ccc(Cl)cc4)CC3)nc2nn1-c1ccc(Cl)c(Cl)c1. The van der Waals surface area contributed by atoms with Crippen LogP contribution in [0, 0.1) is 0 Å². The van der Waals surface area contributed by atoms with Gasteiger partial charge in [-0.05, 0) is 35.9 Å². The van der Waals surface area contributed by atoms with Crippen molar-refractivity contribution in [1.82, 2.24) is 24.6 Å². The summed E-state index contributed by atoms with van der Waals surface area (Å²) in [4.78, 5) is 14.5. The number of piperazine rings is 1. The van der Waals surface area contributed by atoms with Gasteiger partial charge >= 0.3 is 0 Å². The maximum atomic E-state index is 6.64. The number of nitrogens with two attached hydrogens (primary N) is 1. The summed E-state index contributed by atoms with van der Waals surface area (Å²) in [6.07, 6.45) is 0. The highest BCUT2D eigenvalue weighted by atomic mass is 35.5. The van der Waals surface area contributed by atoms with Gasteiger partial charge in [-0.2, -0.15) is 4.98 Å². The molecule has 1 fully saturated rings. The molecule has 0 spiro atoms. The molecule has 0 aliphatic carbocycles. The largest absolute Gasteiger partial charge is 0.383 e. The van der Waals surface area contributed by atoms with Gasteiger partial charge in [0.05, 0.1) is 26.8 Å². The number of fused-ring (bicyclic) bond motifs is 1. The molecule has 3 aromatic carbocycles. The maximum Gasteiger partial charge on any atom is 0.228 e.